The van der Waals surface area contributed by atoms with Gasteiger partial charge in [-0.2, -0.15) is 0 Å². The van der Waals surface area contributed by atoms with Crippen LogP contribution in [0.3, 0.4) is 0 Å². The Kier molecular flexibility index (Phi) is 33.4. The van der Waals surface area contributed by atoms with Crippen LogP contribution in [0.2, 0.25) is 5.02 Å². The minimum absolute atomic E-state index is 0.0247. The second-order valence-corrected chi connectivity index (χ2v) is 10.6. The number of nitrogens with one attached hydrogen (secondary N) is 3. The molecule has 0 bridgehead atoms. The summed E-state index contributed by atoms with van der Waals surface area (Å²) >= 11 is 11.3. The Labute approximate surface area is 255 Å². The van der Waals surface area contributed by atoms with E-state index < -0.39 is 5.82 Å². The van der Waals surface area contributed by atoms with Crippen molar-refractivity contribution >= 4 is 41.7 Å². The van der Waals surface area contributed by atoms with E-state index in [1.807, 2.05) is 53.7 Å². The second-order valence-electron chi connectivity index (χ2n) is 9.71. The van der Waals surface area contributed by atoms with Crippen LogP contribution in [0.5, 0.6) is 0 Å². The first-order valence-electron chi connectivity index (χ1n) is 14.0. The van der Waals surface area contributed by atoms with Crippen LogP contribution in [0.1, 0.15) is 94.1 Å². The molecule has 2 amide bonds. The fourth-order valence-corrected chi connectivity index (χ4v) is 2.98. The van der Waals surface area contributed by atoms with Gasteiger partial charge >= 0.3 is 0 Å². The maximum atomic E-state index is 13.5. The molecule has 1 fully saturated rings. The van der Waals surface area contributed by atoms with Crippen LogP contribution in [0.25, 0.3) is 0 Å². The third-order valence-electron chi connectivity index (χ3n) is 4.34. The summed E-state index contributed by atoms with van der Waals surface area (Å²) in [6, 6.07) is 2.88. The van der Waals surface area contributed by atoms with E-state index in [1.165, 1.54) is 12.1 Å². The van der Waals surface area contributed by atoms with Crippen LogP contribution in [-0.2, 0) is 9.59 Å². The molecule has 1 heterocycles. The first-order chi connectivity index (χ1) is 18.9. The first kappa shape index (κ1) is 44.9. The number of rotatable bonds is 8. The molecular formula is C32H56Cl2FN3O2. The van der Waals surface area contributed by atoms with Gasteiger partial charge in [0.2, 0.25) is 12.8 Å². The Morgan fingerprint density at radius 1 is 1.12 bits per heavy atom. The van der Waals surface area contributed by atoms with Gasteiger partial charge in [0.1, 0.15) is 5.82 Å². The fourth-order valence-electron chi connectivity index (χ4n) is 2.74. The van der Waals surface area contributed by atoms with Crippen molar-refractivity contribution in [2.75, 3.05) is 25.0 Å². The van der Waals surface area contributed by atoms with Crippen LogP contribution in [-0.4, -0.2) is 32.5 Å². The van der Waals surface area contributed by atoms with Crippen molar-refractivity contribution in [3.05, 3.63) is 64.5 Å². The number of carbonyl (C=O) groups excluding carboxylic acids is 2. The quantitative estimate of drug-likeness (QED) is 0.157. The highest BCUT2D eigenvalue weighted by Gasteiger charge is 2.27. The van der Waals surface area contributed by atoms with Crippen LogP contribution < -0.4 is 16.0 Å². The molecule has 2 atom stereocenters. The lowest BCUT2D eigenvalue weighted by atomic mass is 9.89. The first-order valence-corrected chi connectivity index (χ1v) is 14.8. The predicted octanol–water partition coefficient (Wildman–Crippen LogP) is 9.49. The largest absolute Gasteiger partial charge is 0.359 e. The summed E-state index contributed by atoms with van der Waals surface area (Å²) in [6.45, 7) is 28.8. The molecule has 1 aromatic carbocycles. The zero-order valence-corrected chi connectivity index (χ0v) is 28.3. The molecule has 1 aromatic rings. The lowest BCUT2D eigenvalue weighted by Crippen LogP contribution is -2.11. The summed E-state index contributed by atoms with van der Waals surface area (Å²) in [6.07, 6.45) is 9.47. The molecule has 0 spiro atoms. The van der Waals surface area contributed by atoms with Gasteiger partial charge in [-0.25, -0.2) is 4.39 Å². The van der Waals surface area contributed by atoms with E-state index in [1.54, 1.807) is 12.2 Å². The maximum absolute atomic E-state index is 13.5. The molecule has 0 aromatic heterocycles. The van der Waals surface area contributed by atoms with Crippen molar-refractivity contribution in [2.45, 2.75) is 88.5 Å². The Morgan fingerprint density at radius 2 is 1.68 bits per heavy atom. The molecule has 0 unspecified atom stereocenters. The van der Waals surface area contributed by atoms with E-state index in [0.29, 0.717) is 34.9 Å². The number of halogens is 3. The minimum atomic E-state index is -0.447. The monoisotopic (exact) mass is 603 g/mol. The van der Waals surface area contributed by atoms with Crippen LogP contribution >= 0.6 is 23.2 Å². The van der Waals surface area contributed by atoms with E-state index in [-0.39, 0.29) is 10.9 Å². The van der Waals surface area contributed by atoms with E-state index >= 15 is 0 Å². The smallest absolute Gasteiger partial charge is 0.211 e. The zero-order valence-electron chi connectivity index (χ0n) is 26.8. The lowest BCUT2D eigenvalue weighted by Gasteiger charge is -2.18. The zero-order chi connectivity index (χ0) is 32.1. The highest BCUT2D eigenvalue weighted by atomic mass is 35.5. The van der Waals surface area contributed by atoms with E-state index in [2.05, 4.69) is 57.1 Å². The third-order valence-corrected chi connectivity index (χ3v) is 4.91. The van der Waals surface area contributed by atoms with E-state index in [9.17, 15) is 14.0 Å². The number of hydrogen-bond acceptors (Lipinski definition) is 3. The number of hydrogen-bond donors (Lipinski definition) is 3. The minimum Gasteiger partial charge on any atom is -0.359 e. The van der Waals surface area contributed by atoms with Crippen molar-refractivity contribution in [1.82, 2.24) is 10.6 Å². The molecule has 0 saturated carbocycles. The molecule has 1 saturated heterocycles. The van der Waals surface area contributed by atoms with Gasteiger partial charge in [-0.05, 0) is 55.0 Å². The normalized spacial score (nSPS) is 15.5. The molecule has 8 heteroatoms. The number of benzene rings is 1. The van der Waals surface area contributed by atoms with Crippen molar-refractivity contribution in [1.29, 1.82) is 0 Å². The molecule has 5 nitrogen and oxygen atoms in total. The SMILES string of the molecule is C=C/C(Cl)=C\C=C/C.CC.CC.CC(C)(C)C.CCCNC=O.C[C@H]1CNC[C@H]1c1cc(F)c(Cl)cc1NC=O. The Hall–Kier alpha value is -2.15. The van der Waals surface area contributed by atoms with E-state index in [0.717, 1.165) is 31.6 Å². The summed E-state index contributed by atoms with van der Waals surface area (Å²) < 4.78 is 13.5. The topological polar surface area (TPSA) is 70.2 Å². The molecule has 0 radical (unpaired) electrons. The summed E-state index contributed by atoms with van der Waals surface area (Å²) in [5, 5.41) is 9.05. The van der Waals surface area contributed by atoms with Crippen molar-refractivity contribution < 1.29 is 14.0 Å². The summed E-state index contributed by atoms with van der Waals surface area (Å²) in [4.78, 5) is 20.0. The third kappa shape index (κ3) is 27.4. The lowest BCUT2D eigenvalue weighted by molar-refractivity contribution is -0.109. The average molecular weight is 605 g/mol. The van der Waals surface area contributed by atoms with Crippen LogP contribution in [0.15, 0.2) is 48.0 Å². The highest BCUT2D eigenvalue weighted by molar-refractivity contribution is 6.31. The maximum Gasteiger partial charge on any atom is 0.211 e. The van der Waals surface area contributed by atoms with Gasteiger partial charge in [0.25, 0.3) is 0 Å². The molecule has 2 rings (SSSR count). The van der Waals surface area contributed by atoms with Crippen molar-refractivity contribution in [2.24, 2.45) is 11.3 Å². The molecule has 40 heavy (non-hydrogen) atoms. The van der Waals surface area contributed by atoms with Gasteiger partial charge < -0.3 is 16.0 Å². The molecular weight excluding hydrogens is 548 g/mol. The van der Waals surface area contributed by atoms with Crippen LogP contribution in [0.4, 0.5) is 10.1 Å². The standard InChI is InChI=1S/C12H14ClFN2O.C7H9Cl.C5H12.C4H9NO.2C2H6/c1-7-4-15-5-9(7)8-2-11(14)10(13)3-12(8)16-6-17;1-3-5-6-7(8)4-2;1-5(2,3)4;1-2-3-5-4-6;2*1-2/h2-3,6-7,9,15H,4-5H2,1H3,(H,16,17);3-6H,2H2,1H3;1-4H3;4H,2-3H2,1H3,(H,5,6);2*1-2H3/b;5-3-,7-6+;;;;/t7-,9+;;;;;/m0...../s1. The molecule has 1 aliphatic rings. The van der Waals surface area contributed by atoms with Gasteiger partial charge in [-0.15, -0.1) is 0 Å². The van der Waals surface area contributed by atoms with Gasteiger partial charge in [-0.3, -0.25) is 9.59 Å². The number of carbonyl (C=O) groups is 2. The summed E-state index contributed by atoms with van der Waals surface area (Å²) in [5.74, 6) is 0.157. The average Bonchev–Trinajstić information content (AvgIpc) is 3.35. The Bertz CT molecular complexity index is 832. The van der Waals surface area contributed by atoms with Gasteiger partial charge in [0.15, 0.2) is 0 Å². The van der Waals surface area contributed by atoms with Gasteiger partial charge in [0.05, 0.1) is 5.02 Å². The van der Waals surface area contributed by atoms with Gasteiger partial charge in [-0.1, -0.05) is 117 Å². The van der Waals surface area contributed by atoms with Crippen LogP contribution in [0, 0.1) is 17.2 Å². The number of anilines is 1. The number of allylic oxidation sites excluding steroid dienone is 5. The molecule has 232 valence electrons. The molecule has 0 aliphatic carbocycles. The highest BCUT2D eigenvalue weighted by Crippen LogP contribution is 2.35. The molecule has 1 aliphatic heterocycles. The van der Waals surface area contributed by atoms with Gasteiger partial charge in [0, 0.05) is 29.7 Å². The van der Waals surface area contributed by atoms with Crippen molar-refractivity contribution in [3.63, 3.8) is 0 Å². The Morgan fingerprint density at radius 3 is 2.02 bits per heavy atom. The van der Waals surface area contributed by atoms with Crippen molar-refractivity contribution in [3.8, 4) is 0 Å². The second kappa shape index (κ2) is 29.8. The summed E-state index contributed by atoms with van der Waals surface area (Å²) in [5.41, 5.74) is 1.89. The predicted molar refractivity (Wildman–Crippen MR) is 177 cm³/mol. The fraction of sp³-hybridized carbons (Fsp3) is 0.562. The van der Waals surface area contributed by atoms with E-state index in [4.69, 9.17) is 23.2 Å². The molecule has 3 N–H and O–H groups in total. The Balaban J connectivity index is -0.000000237. The summed E-state index contributed by atoms with van der Waals surface area (Å²) in [7, 11) is 0. The number of amides is 2.